The molecule has 0 aromatic heterocycles. The molecular weight excluding hydrogens is 476 g/mol. The van der Waals surface area contributed by atoms with Gasteiger partial charge in [-0.15, -0.1) is 0 Å². The number of piperidine rings is 1. The highest BCUT2D eigenvalue weighted by atomic mass is 16.5. The van der Waals surface area contributed by atoms with Gasteiger partial charge in [-0.25, -0.2) is 0 Å². The van der Waals surface area contributed by atoms with Crippen LogP contribution >= 0.6 is 0 Å². The van der Waals surface area contributed by atoms with E-state index in [2.05, 4.69) is 16.0 Å². The van der Waals surface area contributed by atoms with E-state index in [9.17, 15) is 14.4 Å². The summed E-state index contributed by atoms with van der Waals surface area (Å²) in [5.41, 5.74) is 1.26. The first kappa shape index (κ1) is 24.9. The molecule has 37 heavy (non-hydrogen) atoms. The molecule has 0 aliphatic carbocycles. The number of hydrogen-bond donors (Lipinski definition) is 3. The molecule has 2 aromatic rings. The number of methoxy groups -OCH3 is 1. The van der Waals surface area contributed by atoms with Gasteiger partial charge in [-0.2, -0.15) is 0 Å². The van der Waals surface area contributed by atoms with Gasteiger partial charge in [0, 0.05) is 24.6 Å². The second kappa shape index (κ2) is 11.1. The van der Waals surface area contributed by atoms with Crippen molar-refractivity contribution in [1.29, 1.82) is 0 Å². The molecule has 0 radical (unpaired) electrons. The first-order valence-corrected chi connectivity index (χ1v) is 12.6. The quantitative estimate of drug-likeness (QED) is 0.556. The van der Waals surface area contributed by atoms with Crippen molar-refractivity contribution in [3.8, 4) is 17.2 Å². The summed E-state index contributed by atoms with van der Waals surface area (Å²) in [6.45, 7) is 2.54. The van der Waals surface area contributed by atoms with Crippen molar-refractivity contribution in [2.75, 3.05) is 39.9 Å². The number of nitrogens with zero attached hydrogens (tertiary/aromatic N) is 1. The van der Waals surface area contributed by atoms with Crippen LogP contribution in [0.25, 0.3) is 0 Å². The zero-order valence-electron chi connectivity index (χ0n) is 20.8. The molecule has 196 valence electrons. The van der Waals surface area contributed by atoms with Crippen LogP contribution in [0.2, 0.25) is 0 Å². The molecule has 2 atom stereocenters. The van der Waals surface area contributed by atoms with Gasteiger partial charge >= 0.3 is 0 Å². The molecule has 2 fully saturated rings. The summed E-state index contributed by atoms with van der Waals surface area (Å²) < 4.78 is 17.3. The van der Waals surface area contributed by atoms with Crippen LogP contribution in [-0.2, 0) is 16.1 Å². The largest absolute Gasteiger partial charge is 0.493 e. The van der Waals surface area contributed by atoms with Crippen LogP contribution in [0, 0.1) is 5.92 Å². The minimum atomic E-state index is -0.412. The number of benzene rings is 2. The van der Waals surface area contributed by atoms with E-state index in [1.165, 1.54) is 7.11 Å². The molecule has 2 aromatic carbocycles. The highest BCUT2D eigenvalue weighted by Gasteiger charge is 2.40. The lowest BCUT2D eigenvalue weighted by Gasteiger charge is -2.26. The van der Waals surface area contributed by atoms with Crippen LogP contribution in [0.15, 0.2) is 42.5 Å². The Balaban J connectivity index is 1.42. The van der Waals surface area contributed by atoms with E-state index in [1.807, 2.05) is 29.2 Å². The maximum absolute atomic E-state index is 13.3. The maximum Gasteiger partial charge on any atom is 0.258 e. The Hall–Kier alpha value is -3.79. The van der Waals surface area contributed by atoms with E-state index >= 15 is 0 Å². The highest BCUT2D eigenvalue weighted by Crippen LogP contribution is 2.29. The topological polar surface area (TPSA) is 118 Å². The Kier molecular flexibility index (Phi) is 7.45. The van der Waals surface area contributed by atoms with Gasteiger partial charge in [-0.3, -0.25) is 14.4 Å². The number of carbonyl (C=O) groups excluding carboxylic acids is 3. The monoisotopic (exact) mass is 508 g/mol. The van der Waals surface area contributed by atoms with Gasteiger partial charge in [-0.05, 0) is 61.8 Å². The lowest BCUT2D eigenvalue weighted by Crippen LogP contribution is -2.45. The Morgan fingerprint density at radius 1 is 1.05 bits per heavy atom. The van der Waals surface area contributed by atoms with Crippen LogP contribution in [0.1, 0.15) is 28.8 Å². The summed E-state index contributed by atoms with van der Waals surface area (Å²) in [4.78, 5) is 40.7. The number of ether oxygens (including phenoxy) is 3. The third kappa shape index (κ3) is 5.80. The van der Waals surface area contributed by atoms with E-state index in [1.54, 1.807) is 18.2 Å². The number of hydrogen-bond acceptors (Lipinski definition) is 7. The van der Waals surface area contributed by atoms with E-state index in [0.717, 1.165) is 31.5 Å². The number of amides is 3. The second-order valence-electron chi connectivity index (χ2n) is 9.58. The van der Waals surface area contributed by atoms with E-state index in [4.69, 9.17) is 14.2 Å². The van der Waals surface area contributed by atoms with Crippen LogP contribution in [-0.4, -0.2) is 74.7 Å². The lowest BCUT2D eigenvalue weighted by atomic mass is 9.97. The van der Waals surface area contributed by atoms with Crippen molar-refractivity contribution >= 4 is 17.7 Å². The predicted molar refractivity (Wildman–Crippen MR) is 135 cm³/mol. The first-order chi connectivity index (χ1) is 18.0. The molecule has 10 nitrogen and oxygen atoms in total. The van der Waals surface area contributed by atoms with Crippen molar-refractivity contribution in [2.45, 2.75) is 31.5 Å². The van der Waals surface area contributed by atoms with Crippen LogP contribution < -0.4 is 30.2 Å². The average Bonchev–Trinajstić information content (AvgIpc) is 3.32. The molecule has 0 spiro atoms. The number of rotatable bonds is 2. The average molecular weight is 509 g/mol. The van der Waals surface area contributed by atoms with Crippen molar-refractivity contribution in [3.05, 3.63) is 53.6 Å². The molecule has 6 rings (SSSR count). The molecule has 3 N–H and O–H groups in total. The first-order valence-electron chi connectivity index (χ1n) is 12.6. The molecule has 0 saturated carbocycles. The van der Waals surface area contributed by atoms with Crippen LogP contribution in [0.4, 0.5) is 0 Å². The van der Waals surface area contributed by atoms with Gasteiger partial charge in [0.05, 0.1) is 19.7 Å². The zero-order chi connectivity index (χ0) is 25.8. The van der Waals surface area contributed by atoms with Crippen molar-refractivity contribution in [3.63, 3.8) is 0 Å². The molecule has 4 heterocycles. The summed E-state index contributed by atoms with van der Waals surface area (Å²) in [5.74, 6) is 0.813. The van der Waals surface area contributed by atoms with Gasteiger partial charge < -0.3 is 35.1 Å². The van der Waals surface area contributed by atoms with Gasteiger partial charge in [-0.1, -0.05) is 12.1 Å². The Morgan fingerprint density at radius 3 is 2.59 bits per heavy atom. The maximum atomic E-state index is 13.3. The standard InChI is InChI=1S/C27H32N4O6/c1-35-22-7-4-19-12-23(22)36-16-25(32)29-13-17-2-5-20(6-3-17)37-24-15-31(14-21(24)30-26(19)33)27(34)18-8-10-28-11-9-18/h2-7,12,18,21,24,28H,8-11,13-16H2,1H3,(H,29,32)(H,30,33)/t21-,24-/m0/s1. The molecule has 3 amide bonds. The number of likely N-dealkylation sites (tertiary alicyclic amines) is 1. The second-order valence-corrected chi connectivity index (χ2v) is 9.58. The summed E-state index contributed by atoms with van der Waals surface area (Å²) in [5, 5.41) is 9.18. The Bertz CT molecular complexity index is 1150. The van der Waals surface area contributed by atoms with E-state index in [0.29, 0.717) is 42.4 Å². The highest BCUT2D eigenvalue weighted by molar-refractivity contribution is 5.95. The Labute approximate surface area is 215 Å². The fraction of sp³-hybridized carbons (Fsp3) is 0.444. The molecular formula is C27H32N4O6. The van der Waals surface area contributed by atoms with E-state index < -0.39 is 12.1 Å². The number of fused-ring (bicyclic) bond motifs is 7. The minimum Gasteiger partial charge on any atom is -0.493 e. The summed E-state index contributed by atoms with van der Waals surface area (Å²) >= 11 is 0. The Morgan fingerprint density at radius 2 is 1.84 bits per heavy atom. The number of carbonyl (C=O) groups is 3. The van der Waals surface area contributed by atoms with Crippen molar-refractivity contribution in [2.24, 2.45) is 5.92 Å². The van der Waals surface area contributed by atoms with Crippen molar-refractivity contribution in [1.82, 2.24) is 20.9 Å². The molecule has 4 bridgehead atoms. The molecule has 4 aliphatic heterocycles. The SMILES string of the molecule is COc1ccc2cc1OCC(=O)NCc1ccc(cc1)O[C@H]1CN(C(=O)C3CCNCC3)C[C@@H]1NC2=O. The van der Waals surface area contributed by atoms with Crippen molar-refractivity contribution < 1.29 is 28.6 Å². The van der Waals surface area contributed by atoms with Crippen LogP contribution in [0.3, 0.4) is 0 Å². The molecule has 2 saturated heterocycles. The summed E-state index contributed by atoms with van der Waals surface area (Å²) in [7, 11) is 1.50. The van der Waals surface area contributed by atoms with Crippen LogP contribution in [0.5, 0.6) is 17.2 Å². The smallest absolute Gasteiger partial charge is 0.258 e. The normalized spacial score (nSPS) is 22.7. The van der Waals surface area contributed by atoms with Gasteiger partial charge in [0.25, 0.3) is 11.8 Å². The third-order valence-electron chi connectivity index (χ3n) is 7.07. The zero-order valence-corrected chi connectivity index (χ0v) is 20.8. The molecule has 4 aliphatic rings. The molecule has 10 heteroatoms. The van der Waals surface area contributed by atoms with Gasteiger partial charge in [0.15, 0.2) is 18.1 Å². The summed E-state index contributed by atoms with van der Waals surface area (Å²) in [6.07, 6.45) is 1.21. The predicted octanol–water partition coefficient (Wildman–Crippen LogP) is 1.09. The summed E-state index contributed by atoms with van der Waals surface area (Å²) in [6, 6.07) is 11.8. The van der Waals surface area contributed by atoms with E-state index in [-0.39, 0.29) is 30.2 Å². The molecule has 0 unspecified atom stereocenters. The lowest BCUT2D eigenvalue weighted by molar-refractivity contribution is -0.135. The van der Waals surface area contributed by atoms with Gasteiger partial charge in [0.2, 0.25) is 5.91 Å². The van der Waals surface area contributed by atoms with Gasteiger partial charge in [0.1, 0.15) is 11.9 Å². The number of nitrogens with one attached hydrogen (secondary N) is 3. The third-order valence-corrected chi connectivity index (χ3v) is 7.07. The fourth-order valence-electron chi connectivity index (χ4n) is 4.98. The minimum absolute atomic E-state index is 0.0160. The fourth-order valence-corrected chi connectivity index (χ4v) is 4.98.